The lowest BCUT2D eigenvalue weighted by Crippen LogP contribution is -2.53. The first-order chi connectivity index (χ1) is 10.3. The molecule has 1 saturated carbocycles. The Bertz CT molecular complexity index is 450. The van der Waals surface area contributed by atoms with E-state index >= 15 is 0 Å². The molecule has 1 atom stereocenters. The molecule has 2 heterocycles. The molecule has 2 fully saturated rings. The van der Waals surface area contributed by atoms with Crippen LogP contribution in [0.1, 0.15) is 32.1 Å². The summed E-state index contributed by atoms with van der Waals surface area (Å²) < 4.78 is 0. The molecule has 7 nitrogen and oxygen atoms in total. The van der Waals surface area contributed by atoms with Crippen LogP contribution in [-0.2, 0) is 4.79 Å². The van der Waals surface area contributed by atoms with E-state index in [2.05, 4.69) is 20.1 Å². The van der Waals surface area contributed by atoms with E-state index in [0.29, 0.717) is 13.1 Å². The van der Waals surface area contributed by atoms with Gasteiger partial charge in [0.25, 0.3) is 5.91 Å². The quantitative estimate of drug-likeness (QED) is 0.842. The third-order valence-electron chi connectivity index (χ3n) is 4.64. The highest BCUT2D eigenvalue weighted by Gasteiger charge is 2.32. The van der Waals surface area contributed by atoms with E-state index in [9.17, 15) is 9.90 Å². The molecule has 21 heavy (non-hydrogen) atoms. The zero-order chi connectivity index (χ0) is 14.7. The van der Waals surface area contributed by atoms with Gasteiger partial charge in [-0.1, -0.05) is 19.3 Å². The van der Waals surface area contributed by atoms with Gasteiger partial charge in [-0.3, -0.25) is 4.79 Å². The summed E-state index contributed by atoms with van der Waals surface area (Å²) in [6, 6.07) is 0. The number of rotatable bonds is 3. The number of H-pyrrole nitrogens is 1. The van der Waals surface area contributed by atoms with Crippen molar-refractivity contribution in [2.24, 2.45) is 5.92 Å². The second-order valence-corrected chi connectivity index (χ2v) is 5.96. The van der Waals surface area contributed by atoms with E-state index < -0.39 is 6.10 Å². The zero-order valence-corrected chi connectivity index (χ0v) is 12.2. The van der Waals surface area contributed by atoms with Gasteiger partial charge in [0.05, 0.1) is 0 Å². The number of amides is 1. The van der Waals surface area contributed by atoms with Gasteiger partial charge in [0.2, 0.25) is 5.95 Å². The van der Waals surface area contributed by atoms with Crippen molar-refractivity contribution in [1.29, 1.82) is 0 Å². The molecule has 2 N–H and O–H groups in total. The third kappa shape index (κ3) is 3.18. The average Bonchev–Trinajstić information content (AvgIpc) is 3.09. The summed E-state index contributed by atoms with van der Waals surface area (Å²) in [6.07, 6.45) is 6.12. The first kappa shape index (κ1) is 14.3. The van der Waals surface area contributed by atoms with Crippen molar-refractivity contribution in [2.75, 3.05) is 31.1 Å². The van der Waals surface area contributed by atoms with Gasteiger partial charge in [0.15, 0.2) is 0 Å². The Labute approximate surface area is 124 Å². The van der Waals surface area contributed by atoms with Crippen LogP contribution in [0.2, 0.25) is 0 Å². The van der Waals surface area contributed by atoms with Crippen molar-refractivity contribution < 1.29 is 9.90 Å². The molecule has 0 unspecified atom stereocenters. The molecule has 7 heteroatoms. The number of piperazine rings is 1. The Hall–Kier alpha value is -1.63. The second-order valence-electron chi connectivity index (χ2n) is 5.96. The number of aliphatic hydroxyl groups excluding tert-OH is 1. The number of aliphatic hydroxyl groups is 1. The molecule has 0 bridgehead atoms. The van der Waals surface area contributed by atoms with Gasteiger partial charge >= 0.3 is 0 Å². The van der Waals surface area contributed by atoms with Crippen molar-refractivity contribution in [3.05, 3.63) is 6.33 Å². The van der Waals surface area contributed by atoms with E-state index in [-0.39, 0.29) is 11.8 Å². The fourth-order valence-corrected chi connectivity index (χ4v) is 3.33. The molecule has 2 aliphatic rings. The normalized spacial score (nSPS) is 22.3. The predicted molar refractivity (Wildman–Crippen MR) is 77.8 cm³/mol. The number of hydrogen-bond acceptors (Lipinski definition) is 5. The number of aromatic nitrogens is 3. The van der Waals surface area contributed by atoms with Crippen LogP contribution in [0.5, 0.6) is 0 Å². The minimum absolute atomic E-state index is 0.0980. The Morgan fingerprint density at radius 3 is 2.57 bits per heavy atom. The van der Waals surface area contributed by atoms with Gasteiger partial charge in [-0.25, -0.2) is 5.10 Å². The molecule has 1 aliphatic heterocycles. The summed E-state index contributed by atoms with van der Waals surface area (Å²) in [6.45, 7) is 2.70. The molecule has 3 rings (SSSR count). The van der Waals surface area contributed by atoms with E-state index in [0.717, 1.165) is 44.7 Å². The minimum atomic E-state index is -0.817. The summed E-state index contributed by atoms with van der Waals surface area (Å²) in [7, 11) is 0. The van der Waals surface area contributed by atoms with Crippen molar-refractivity contribution in [1.82, 2.24) is 20.1 Å². The standard InChI is InChI=1S/C14H23N5O2/c20-12(11-4-2-1-3-5-11)13(21)18-6-8-19(9-7-18)14-15-10-16-17-14/h10-12,20H,1-9H2,(H,15,16,17)/t12-/m1/s1. The van der Waals surface area contributed by atoms with E-state index in [1.54, 1.807) is 4.90 Å². The Morgan fingerprint density at radius 2 is 1.95 bits per heavy atom. The molecule has 1 aliphatic carbocycles. The molecular formula is C14H23N5O2. The molecular weight excluding hydrogens is 270 g/mol. The lowest BCUT2D eigenvalue weighted by molar-refractivity contribution is -0.144. The van der Waals surface area contributed by atoms with Gasteiger partial charge in [-0.2, -0.15) is 10.1 Å². The maximum atomic E-state index is 12.4. The lowest BCUT2D eigenvalue weighted by Gasteiger charge is -2.37. The largest absolute Gasteiger partial charge is 0.383 e. The number of aromatic amines is 1. The van der Waals surface area contributed by atoms with Gasteiger partial charge in [-0.05, 0) is 18.8 Å². The van der Waals surface area contributed by atoms with Gasteiger partial charge < -0.3 is 14.9 Å². The second kappa shape index (κ2) is 6.43. The molecule has 0 spiro atoms. The highest BCUT2D eigenvalue weighted by Crippen LogP contribution is 2.27. The molecule has 116 valence electrons. The Kier molecular flexibility index (Phi) is 4.38. The minimum Gasteiger partial charge on any atom is -0.383 e. The van der Waals surface area contributed by atoms with Crippen LogP contribution in [0, 0.1) is 5.92 Å². The van der Waals surface area contributed by atoms with Crippen molar-refractivity contribution in [3.8, 4) is 0 Å². The van der Waals surface area contributed by atoms with Crippen LogP contribution >= 0.6 is 0 Å². The molecule has 1 aromatic rings. The van der Waals surface area contributed by atoms with Gasteiger partial charge in [0.1, 0.15) is 12.4 Å². The predicted octanol–water partition coefficient (Wildman–Crippen LogP) is 0.394. The molecule has 1 aromatic heterocycles. The molecule has 1 amide bonds. The van der Waals surface area contributed by atoms with Crippen molar-refractivity contribution in [2.45, 2.75) is 38.2 Å². The number of carbonyl (C=O) groups excluding carboxylic acids is 1. The van der Waals surface area contributed by atoms with Crippen LogP contribution in [-0.4, -0.2) is 63.4 Å². The maximum Gasteiger partial charge on any atom is 0.251 e. The Balaban J connectivity index is 1.52. The fourth-order valence-electron chi connectivity index (χ4n) is 3.33. The number of hydrogen-bond donors (Lipinski definition) is 2. The fraction of sp³-hybridized carbons (Fsp3) is 0.786. The number of anilines is 1. The van der Waals surface area contributed by atoms with E-state index in [1.807, 2.05) is 0 Å². The van der Waals surface area contributed by atoms with Gasteiger partial charge in [0, 0.05) is 26.2 Å². The first-order valence-corrected chi connectivity index (χ1v) is 7.83. The smallest absolute Gasteiger partial charge is 0.251 e. The number of nitrogens with one attached hydrogen (secondary N) is 1. The summed E-state index contributed by atoms with van der Waals surface area (Å²) >= 11 is 0. The summed E-state index contributed by atoms with van der Waals surface area (Å²) in [4.78, 5) is 20.4. The van der Waals surface area contributed by atoms with Crippen LogP contribution in [0.25, 0.3) is 0 Å². The highest BCUT2D eigenvalue weighted by molar-refractivity contribution is 5.81. The maximum absolute atomic E-state index is 12.4. The molecule has 0 radical (unpaired) electrons. The van der Waals surface area contributed by atoms with Crippen LogP contribution < -0.4 is 4.90 Å². The summed E-state index contributed by atoms with van der Waals surface area (Å²) in [5, 5.41) is 17.0. The van der Waals surface area contributed by atoms with E-state index in [1.165, 1.54) is 12.7 Å². The van der Waals surface area contributed by atoms with E-state index in [4.69, 9.17) is 0 Å². The number of carbonyl (C=O) groups is 1. The van der Waals surface area contributed by atoms with Crippen LogP contribution in [0.3, 0.4) is 0 Å². The first-order valence-electron chi connectivity index (χ1n) is 7.83. The third-order valence-corrected chi connectivity index (χ3v) is 4.64. The number of nitrogens with zero attached hydrogens (tertiary/aromatic N) is 4. The van der Waals surface area contributed by atoms with Gasteiger partial charge in [-0.15, -0.1) is 0 Å². The monoisotopic (exact) mass is 293 g/mol. The summed E-state index contributed by atoms with van der Waals surface area (Å²) in [5.74, 6) is 0.799. The Morgan fingerprint density at radius 1 is 1.24 bits per heavy atom. The summed E-state index contributed by atoms with van der Waals surface area (Å²) in [5.41, 5.74) is 0. The topological polar surface area (TPSA) is 85.3 Å². The van der Waals surface area contributed by atoms with Crippen LogP contribution in [0.4, 0.5) is 5.95 Å². The average molecular weight is 293 g/mol. The lowest BCUT2D eigenvalue weighted by atomic mass is 9.85. The SMILES string of the molecule is O=C([C@H](O)C1CCCCC1)N1CCN(c2ncn[nH]2)CC1. The molecule has 1 saturated heterocycles. The van der Waals surface area contributed by atoms with Crippen LogP contribution in [0.15, 0.2) is 6.33 Å². The zero-order valence-electron chi connectivity index (χ0n) is 12.2. The molecule has 0 aromatic carbocycles. The van der Waals surface area contributed by atoms with Crippen molar-refractivity contribution in [3.63, 3.8) is 0 Å². The highest BCUT2D eigenvalue weighted by atomic mass is 16.3. The van der Waals surface area contributed by atoms with Crippen molar-refractivity contribution >= 4 is 11.9 Å².